The Balaban J connectivity index is 1.45. The highest BCUT2D eigenvalue weighted by Crippen LogP contribution is 2.20. The predicted molar refractivity (Wildman–Crippen MR) is 120 cm³/mol. The number of aromatic hydroxyl groups is 1. The lowest BCUT2D eigenvalue weighted by atomic mass is 10.2. The third-order valence-corrected chi connectivity index (χ3v) is 4.72. The summed E-state index contributed by atoms with van der Waals surface area (Å²) in [7, 11) is 0. The van der Waals surface area contributed by atoms with E-state index in [-0.39, 0.29) is 17.6 Å². The first-order chi connectivity index (χ1) is 15.0. The average molecular weight is 439 g/mol. The molecule has 160 valence electrons. The number of benzene rings is 3. The molecule has 31 heavy (non-hydrogen) atoms. The number of ether oxygens (including phenoxy) is 1. The molecular weight excluding hydrogens is 416 g/mol. The summed E-state index contributed by atoms with van der Waals surface area (Å²) in [6.07, 6.45) is 0.560. The molecule has 0 saturated carbocycles. The molecule has 3 aromatic carbocycles. The fourth-order valence-corrected chi connectivity index (χ4v) is 2.98. The van der Waals surface area contributed by atoms with Gasteiger partial charge in [-0.25, -0.2) is 0 Å². The van der Waals surface area contributed by atoms with Crippen LogP contribution in [0.25, 0.3) is 0 Å². The van der Waals surface area contributed by atoms with Gasteiger partial charge < -0.3 is 20.5 Å². The number of amides is 2. The van der Waals surface area contributed by atoms with Gasteiger partial charge in [-0.1, -0.05) is 41.9 Å². The van der Waals surface area contributed by atoms with Crippen molar-refractivity contribution in [2.75, 3.05) is 13.1 Å². The maximum Gasteiger partial charge on any atom is 0.255 e. The van der Waals surface area contributed by atoms with E-state index in [1.165, 1.54) is 12.1 Å². The van der Waals surface area contributed by atoms with Crippen molar-refractivity contribution in [1.82, 2.24) is 10.6 Å². The molecule has 0 radical (unpaired) electrons. The average Bonchev–Trinajstić information content (AvgIpc) is 2.78. The Bertz CT molecular complexity index is 1040. The second-order valence-corrected chi connectivity index (χ2v) is 7.26. The summed E-state index contributed by atoms with van der Waals surface area (Å²) in [5.41, 5.74) is 1.78. The lowest BCUT2D eigenvalue weighted by Gasteiger charge is -2.12. The second kappa shape index (κ2) is 11.0. The SMILES string of the molecule is O=C(NCCCNC(=O)c1ccccc1OCc1ccc(Cl)cc1)c1cccc(O)c1. The number of nitrogens with one attached hydrogen (secondary N) is 2. The number of phenolic OH excluding ortho intramolecular Hbond substituents is 1. The van der Waals surface area contributed by atoms with Gasteiger partial charge in [0.1, 0.15) is 18.1 Å². The maximum absolute atomic E-state index is 12.6. The first kappa shape index (κ1) is 22.2. The van der Waals surface area contributed by atoms with E-state index in [2.05, 4.69) is 10.6 Å². The third-order valence-electron chi connectivity index (χ3n) is 4.47. The molecule has 0 spiro atoms. The van der Waals surface area contributed by atoms with E-state index in [9.17, 15) is 14.7 Å². The molecule has 3 aromatic rings. The fraction of sp³-hybridized carbons (Fsp3) is 0.167. The van der Waals surface area contributed by atoms with Crippen LogP contribution >= 0.6 is 11.6 Å². The first-order valence-corrected chi connectivity index (χ1v) is 10.2. The van der Waals surface area contributed by atoms with Crippen molar-refractivity contribution in [3.63, 3.8) is 0 Å². The summed E-state index contributed by atoms with van der Waals surface area (Å²) in [6.45, 7) is 1.11. The maximum atomic E-state index is 12.6. The van der Waals surface area contributed by atoms with E-state index in [0.29, 0.717) is 48.0 Å². The van der Waals surface area contributed by atoms with Crippen LogP contribution in [0.1, 0.15) is 32.7 Å². The number of carbonyl (C=O) groups excluding carboxylic acids is 2. The normalized spacial score (nSPS) is 10.4. The van der Waals surface area contributed by atoms with Gasteiger partial charge in [0, 0.05) is 23.7 Å². The van der Waals surface area contributed by atoms with E-state index in [1.54, 1.807) is 42.5 Å². The Labute approximate surface area is 185 Å². The van der Waals surface area contributed by atoms with Crippen LogP contribution in [0.3, 0.4) is 0 Å². The molecule has 0 aliphatic heterocycles. The Hall–Kier alpha value is -3.51. The lowest BCUT2D eigenvalue weighted by Crippen LogP contribution is -2.30. The Morgan fingerprint density at radius 2 is 1.58 bits per heavy atom. The van der Waals surface area contributed by atoms with E-state index < -0.39 is 0 Å². The number of rotatable bonds is 9. The van der Waals surface area contributed by atoms with Gasteiger partial charge in [-0.15, -0.1) is 0 Å². The molecule has 3 N–H and O–H groups in total. The summed E-state index contributed by atoms with van der Waals surface area (Å²) in [5, 5.41) is 15.7. The highest BCUT2D eigenvalue weighted by Gasteiger charge is 2.12. The van der Waals surface area contributed by atoms with Gasteiger partial charge in [0.15, 0.2) is 0 Å². The fourth-order valence-electron chi connectivity index (χ4n) is 2.86. The standard InChI is InChI=1S/C24H23ClN2O4/c25-19-11-9-17(10-12-19)16-31-22-8-2-1-7-21(22)24(30)27-14-4-13-26-23(29)18-5-3-6-20(28)15-18/h1-3,5-12,15,28H,4,13-14,16H2,(H,26,29)(H,27,30). The molecule has 3 rings (SSSR count). The van der Waals surface area contributed by atoms with Crippen LogP contribution in [0.2, 0.25) is 5.02 Å². The summed E-state index contributed by atoms with van der Waals surface area (Å²) < 4.78 is 5.82. The number of halogens is 1. The highest BCUT2D eigenvalue weighted by atomic mass is 35.5. The van der Waals surface area contributed by atoms with Crippen LogP contribution in [0.15, 0.2) is 72.8 Å². The lowest BCUT2D eigenvalue weighted by molar-refractivity contribution is 0.0948. The molecule has 0 atom stereocenters. The van der Waals surface area contributed by atoms with Crippen LogP contribution in [0.5, 0.6) is 11.5 Å². The van der Waals surface area contributed by atoms with Gasteiger partial charge in [0.05, 0.1) is 5.56 Å². The molecule has 0 unspecified atom stereocenters. The summed E-state index contributed by atoms with van der Waals surface area (Å²) in [6, 6.07) is 20.5. The zero-order valence-corrected chi connectivity index (χ0v) is 17.6. The number of phenols is 1. The van der Waals surface area contributed by atoms with Gasteiger partial charge >= 0.3 is 0 Å². The molecule has 7 heteroatoms. The first-order valence-electron chi connectivity index (χ1n) is 9.84. The van der Waals surface area contributed by atoms with Crippen LogP contribution in [-0.4, -0.2) is 30.0 Å². The molecule has 0 bridgehead atoms. The minimum absolute atomic E-state index is 0.0388. The molecule has 0 aromatic heterocycles. The van der Waals surface area contributed by atoms with Crippen molar-refractivity contribution in [3.8, 4) is 11.5 Å². The van der Waals surface area contributed by atoms with Gasteiger partial charge in [-0.3, -0.25) is 9.59 Å². The summed E-state index contributed by atoms with van der Waals surface area (Å²) in [5.74, 6) is 0.0122. The quantitative estimate of drug-likeness (QED) is 0.437. The molecule has 0 aliphatic carbocycles. The van der Waals surface area contributed by atoms with E-state index in [1.807, 2.05) is 18.2 Å². The molecular formula is C24H23ClN2O4. The van der Waals surface area contributed by atoms with Gasteiger partial charge in [0.25, 0.3) is 11.8 Å². The van der Waals surface area contributed by atoms with E-state index in [0.717, 1.165) is 5.56 Å². The minimum atomic E-state index is -0.275. The second-order valence-electron chi connectivity index (χ2n) is 6.83. The monoisotopic (exact) mass is 438 g/mol. The molecule has 0 aliphatic rings. The van der Waals surface area contributed by atoms with Gasteiger partial charge in [-0.05, 0) is 54.4 Å². The molecule has 2 amide bonds. The summed E-state index contributed by atoms with van der Waals surface area (Å²) in [4.78, 5) is 24.6. The number of hydrogen-bond acceptors (Lipinski definition) is 4. The van der Waals surface area contributed by atoms with Crippen molar-refractivity contribution in [3.05, 3.63) is 94.5 Å². The highest BCUT2D eigenvalue weighted by molar-refractivity contribution is 6.30. The van der Waals surface area contributed by atoms with Crippen LogP contribution in [0, 0.1) is 0 Å². The van der Waals surface area contributed by atoms with Gasteiger partial charge in [0.2, 0.25) is 0 Å². The number of carbonyl (C=O) groups is 2. The number of para-hydroxylation sites is 1. The zero-order chi connectivity index (χ0) is 22.1. The van der Waals surface area contributed by atoms with Gasteiger partial charge in [-0.2, -0.15) is 0 Å². The molecule has 6 nitrogen and oxygen atoms in total. The van der Waals surface area contributed by atoms with Crippen LogP contribution < -0.4 is 15.4 Å². The third kappa shape index (κ3) is 6.76. The zero-order valence-electron chi connectivity index (χ0n) is 16.8. The Morgan fingerprint density at radius 3 is 2.32 bits per heavy atom. The summed E-state index contributed by atoms with van der Waals surface area (Å²) >= 11 is 5.89. The van der Waals surface area contributed by atoms with E-state index >= 15 is 0 Å². The smallest absolute Gasteiger partial charge is 0.255 e. The Kier molecular flexibility index (Phi) is 7.90. The van der Waals surface area contributed by atoms with Crippen LogP contribution in [0.4, 0.5) is 0 Å². The Morgan fingerprint density at radius 1 is 0.871 bits per heavy atom. The molecule has 0 saturated heterocycles. The van der Waals surface area contributed by atoms with E-state index in [4.69, 9.17) is 16.3 Å². The number of hydrogen-bond donors (Lipinski definition) is 3. The molecule has 0 fully saturated rings. The van der Waals surface area contributed by atoms with Crippen molar-refractivity contribution >= 4 is 23.4 Å². The van der Waals surface area contributed by atoms with Crippen LogP contribution in [-0.2, 0) is 6.61 Å². The van der Waals surface area contributed by atoms with Crippen molar-refractivity contribution in [2.24, 2.45) is 0 Å². The largest absolute Gasteiger partial charge is 0.508 e. The van der Waals surface area contributed by atoms with Crippen molar-refractivity contribution < 1.29 is 19.4 Å². The molecule has 0 heterocycles. The van der Waals surface area contributed by atoms with Crippen molar-refractivity contribution in [1.29, 1.82) is 0 Å². The predicted octanol–water partition coefficient (Wildman–Crippen LogP) is 4.17. The minimum Gasteiger partial charge on any atom is -0.508 e. The topological polar surface area (TPSA) is 87.7 Å². The van der Waals surface area contributed by atoms with Crippen molar-refractivity contribution in [2.45, 2.75) is 13.0 Å².